The number of nitrogens with zero attached hydrogens (tertiary/aromatic N) is 1. The van der Waals surface area contributed by atoms with Gasteiger partial charge in [-0.1, -0.05) is 35.4 Å². The van der Waals surface area contributed by atoms with Crippen LogP contribution in [0.5, 0.6) is 0 Å². The van der Waals surface area contributed by atoms with E-state index in [1.807, 2.05) is 38.4 Å². The topological polar surface area (TPSA) is 3.88 Å². The van der Waals surface area contributed by atoms with Crippen LogP contribution < -0.4 is 4.57 Å². The van der Waals surface area contributed by atoms with Gasteiger partial charge in [0.05, 0.1) is 5.56 Å². The van der Waals surface area contributed by atoms with Crippen LogP contribution in [0.15, 0.2) is 48.7 Å². The summed E-state index contributed by atoms with van der Waals surface area (Å²) < 4.78 is 45.7. The Morgan fingerprint density at radius 1 is 0.714 bits per heavy atom. The Bertz CT molecular complexity index is 1570. The Hall–Kier alpha value is -3.40. The maximum atomic E-state index is 14.5. The van der Waals surface area contributed by atoms with Gasteiger partial charge in [0.15, 0.2) is 6.20 Å². The molecule has 2 aliphatic rings. The number of aromatic nitrogens is 1. The van der Waals surface area contributed by atoms with Crippen molar-refractivity contribution in [1.82, 2.24) is 0 Å². The zero-order valence-electron chi connectivity index (χ0n) is 20.6. The van der Waals surface area contributed by atoms with Crippen LogP contribution >= 0.6 is 0 Å². The minimum absolute atomic E-state index is 0.375. The molecule has 0 fully saturated rings. The minimum atomic E-state index is -4.43. The summed E-state index contributed by atoms with van der Waals surface area (Å²) in [5.41, 5.74) is 12.9. The molecule has 2 aliphatic carbocycles. The fourth-order valence-corrected chi connectivity index (χ4v) is 6.16. The highest BCUT2D eigenvalue weighted by Crippen LogP contribution is 2.53. The summed E-state index contributed by atoms with van der Waals surface area (Å²) in [6.45, 7) is 8.26. The first-order valence-corrected chi connectivity index (χ1v) is 12.0. The van der Waals surface area contributed by atoms with E-state index in [0.717, 1.165) is 55.8 Å². The van der Waals surface area contributed by atoms with E-state index in [0.29, 0.717) is 24.0 Å². The molecule has 0 spiro atoms. The van der Waals surface area contributed by atoms with E-state index in [-0.39, 0.29) is 0 Å². The second-order valence-corrected chi connectivity index (χ2v) is 10.2. The maximum Gasteiger partial charge on any atom is 0.417 e. The highest BCUT2D eigenvalue weighted by atomic mass is 19.4. The predicted molar refractivity (Wildman–Crippen MR) is 133 cm³/mol. The van der Waals surface area contributed by atoms with Gasteiger partial charge in [-0.2, -0.15) is 13.2 Å². The Kier molecular flexibility index (Phi) is 4.61. The molecule has 176 valence electrons. The second kappa shape index (κ2) is 7.30. The summed E-state index contributed by atoms with van der Waals surface area (Å²) in [6.07, 6.45) is -1.32. The summed E-state index contributed by atoms with van der Waals surface area (Å²) in [6, 6.07) is 13.7. The van der Waals surface area contributed by atoms with Gasteiger partial charge >= 0.3 is 6.18 Å². The number of rotatable bonds is 1. The van der Waals surface area contributed by atoms with Crippen LogP contribution in [0.1, 0.15) is 50.1 Å². The first kappa shape index (κ1) is 22.1. The highest BCUT2D eigenvalue weighted by Gasteiger charge is 2.42. The van der Waals surface area contributed by atoms with Gasteiger partial charge in [0.1, 0.15) is 7.05 Å². The van der Waals surface area contributed by atoms with Crippen molar-refractivity contribution in [2.75, 3.05) is 0 Å². The SMILES string of the molecule is Cc1ccc2c(c1)-c1cc(C(F)(F)F)c3c(c1C2)Cc1c-3cc[n+](C)c1-c1cc(C)cc(C)c1C. The monoisotopic (exact) mass is 470 g/mol. The number of hydrogen-bond acceptors (Lipinski definition) is 0. The number of fused-ring (bicyclic) bond motifs is 7. The van der Waals surface area contributed by atoms with E-state index >= 15 is 0 Å². The van der Waals surface area contributed by atoms with Gasteiger partial charge in [0, 0.05) is 23.6 Å². The number of benzene rings is 3. The second-order valence-electron chi connectivity index (χ2n) is 10.2. The Balaban J connectivity index is 1.66. The van der Waals surface area contributed by atoms with Crippen molar-refractivity contribution in [3.8, 4) is 33.5 Å². The lowest BCUT2D eigenvalue weighted by atomic mass is 9.91. The van der Waals surface area contributed by atoms with E-state index in [2.05, 4.69) is 43.5 Å². The first-order valence-electron chi connectivity index (χ1n) is 12.0. The van der Waals surface area contributed by atoms with Crippen molar-refractivity contribution in [3.05, 3.63) is 98.7 Å². The number of pyridine rings is 1. The zero-order chi connectivity index (χ0) is 24.8. The van der Waals surface area contributed by atoms with Crippen molar-refractivity contribution in [2.24, 2.45) is 7.05 Å². The van der Waals surface area contributed by atoms with Gasteiger partial charge < -0.3 is 0 Å². The van der Waals surface area contributed by atoms with Crippen LogP contribution in [0.2, 0.25) is 0 Å². The van der Waals surface area contributed by atoms with Crippen LogP contribution in [0.3, 0.4) is 0 Å². The molecule has 1 heterocycles. The lowest BCUT2D eigenvalue weighted by Gasteiger charge is -2.17. The van der Waals surface area contributed by atoms with Crippen molar-refractivity contribution in [1.29, 1.82) is 0 Å². The smallest absolute Gasteiger partial charge is 0.201 e. The number of alkyl halides is 3. The molecule has 4 aromatic rings. The molecule has 0 saturated heterocycles. The van der Waals surface area contributed by atoms with Crippen LogP contribution in [0, 0.1) is 27.7 Å². The molecule has 0 radical (unpaired) electrons. The molecular formula is C31H27F3N+. The molecule has 4 heteroatoms. The molecule has 0 atom stereocenters. The van der Waals surface area contributed by atoms with E-state index in [1.54, 1.807) is 0 Å². The average Bonchev–Trinajstić information content (AvgIpc) is 3.33. The standard InChI is InChI=1S/C31H27F3N/c1-16-6-7-20-13-24-25(23(20)11-16)15-28(31(32,33)34)29-21-8-9-35(5)30(27(21)14-26(24)29)22-12-17(2)10-18(3)19(22)4/h6-12,15H,13-14H2,1-5H3/q+1. The molecular weight excluding hydrogens is 443 g/mol. The summed E-state index contributed by atoms with van der Waals surface area (Å²) in [7, 11) is 1.99. The van der Waals surface area contributed by atoms with Crippen LogP contribution in [-0.2, 0) is 26.1 Å². The number of halogens is 3. The van der Waals surface area contributed by atoms with Crippen LogP contribution in [-0.4, -0.2) is 0 Å². The summed E-state index contributed by atoms with van der Waals surface area (Å²) in [5, 5.41) is 0. The molecule has 0 bridgehead atoms. The van der Waals surface area contributed by atoms with Gasteiger partial charge in [-0.05, 0) is 96.3 Å². The molecule has 0 unspecified atom stereocenters. The van der Waals surface area contributed by atoms with Gasteiger partial charge in [-0.3, -0.25) is 0 Å². The molecule has 6 rings (SSSR count). The van der Waals surface area contributed by atoms with E-state index < -0.39 is 11.7 Å². The van der Waals surface area contributed by atoms with Gasteiger partial charge in [0.2, 0.25) is 5.69 Å². The van der Waals surface area contributed by atoms with E-state index in [1.165, 1.54) is 17.2 Å². The summed E-state index contributed by atoms with van der Waals surface area (Å²) >= 11 is 0. The largest absolute Gasteiger partial charge is 0.417 e. The predicted octanol–water partition coefficient (Wildman–Crippen LogP) is 7.57. The normalized spacial score (nSPS) is 13.5. The molecule has 0 N–H and O–H groups in total. The maximum absolute atomic E-state index is 14.5. The van der Waals surface area contributed by atoms with Crippen LogP contribution in [0.4, 0.5) is 13.2 Å². The fraction of sp³-hybridized carbons (Fsp3) is 0.258. The Morgan fingerprint density at radius 3 is 2.20 bits per heavy atom. The molecule has 1 aromatic heterocycles. The highest BCUT2D eigenvalue weighted by molar-refractivity contribution is 5.91. The van der Waals surface area contributed by atoms with E-state index in [9.17, 15) is 13.2 Å². The molecule has 35 heavy (non-hydrogen) atoms. The number of aryl methyl sites for hydroxylation is 4. The molecule has 0 saturated carbocycles. The van der Waals surface area contributed by atoms with Crippen molar-refractivity contribution in [2.45, 2.75) is 46.7 Å². The van der Waals surface area contributed by atoms with Crippen LogP contribution in [0.25, 0.3) is 33.5 Å². The first-order chi connectivity index (χ1) is 16.5. The zero-order valence-corrected chi connectivity index (χ0v) is 20.6. The van der Waals surface area contributed by atoms with Gasteiger partial charge in [-0.25, -0.2) is 4.57 Å². The van der Waals surface area contributed by atoms with Crippen molar-refractivity contribution in [3.63, 3.8) is 0 Å². The Labute approximate surface area is 203 Å². The average molecular weight is 471 g/mol. The van der Waals surface area contributed by atoms with Crippen molar-refractivity contribution >= 4 is 0 Å². The van der Waals surface area contributed by atoms with Gasteiger partial charge in [-0.15, -0.1) is 0 Å². The minimum Gasteiger partial charge on any atom is -0.201 e. The number of hydrogen-bond donors (Lipinski definition) is 0. The third kappa shape index (κ3) is 3.19. The molecule has 1 nitrogen and oxygen atoms in total. The summed E-state index contributed by atoms with van der Waals surface area (Å²) in [5.74, 6) is 0. The third-order valence-corrected chi connectivity index (χ3v) is 7.90. The molecule has 3 aromatic carbocycles. The molecule has 0 amide bonds. The quantitative estimate of drug-likeness (QED) is 0.218. The summed E-state index contributed by atoms with van der Waals surface area (Å²) in [4.78, 5) is 0. The lowest BCUT2D eigenvalue weighted by molar-refractivity contribution is -0.660. The third-order valence-electron chi connectivity index (χ3n) is 7.90. The fourth-order valence-electron chi connectivity index (χ4n) is 6.16. The molecule has 0 aliphatic heterocycles. The van der Waals surface area contributed by atoms with Gasteiger partial charge in [0.25, 0.3) is 0 Å². The Morgan fingerprint density at radius 2 is 1.46 bits per heavy atom. The lowest BCUT2D eigenvalue weighted by Crippen LogP contribution is -2.32. The van der Waals surface area contributed by atoms with Crippen molar-refractivity contribution < 1.29 is 17.7 Å². The van der Waals surface area contributed by atoms with E-state index in [4.69, 9.17) is 0 Å².